The second-order valence-electron chi connectivity index (χ2n) is 6.62. The van der Waals surface area contributed by atoms with E-state index < -0.39 is 0 Å². The third-order valence-electron chi connectivity index (χ3n) is 4.06. The fraction of sp³-hybridized carbons (Fsp3) is 0.579. The van der Waals surface area contributed by atoms with E-state index in [0.29, 0.717) is 17.8 Å². The van der Waals surface area contributed by atoms with E-state index in [1.54, 1.807) is 24.3 Å². The van der Waals surface area contributed by atoms with E-state index >= 15 is 0 Å². The van der Waals surface area contributed by atoms with E-state index in [1.165, 1.54) is 32.1 Å². The van der Waals surface area contributed by atoms with Crippen LogP contribution in [0.4, 0.5) is 5.69 Å². The van der Waals surface area contributed by atoms with Gasteiger partial charge in [-0.3, -0.25) is 9.69 Å². The number of nitrogens with one attached hydrogen (secondary N) is 1. The maximum absolute atomic E-state index is 12.2. The van der Waals surface area contributed by atoms with E-state index in [1.807, 2.05) is 13.8 Å². The molecular formula is C19H28N2O3. The van der Waals surface area contributed by atoms with Crippen molar-refractivity contribution >= 4 is 17.6 Å². The number of carbonyl (C=O) groups excluding carboxylic acids is 2. The van der Waals surface area contributed by atoms with Gasteiger partial charge in [0.2, 0.25) is 5.91 Å². The highest BCUT2D eigenvalue weighted by molar-refractivity contribution is 5.94. The molecule has 1 amide bonds. The Bertz CT molecular complexity index is 532. The average Bonchev–Trinajstić information content (AvgIpc) is 2.50. The summed E-state index contributed by atoms with van der Waals surface area (Å²) in [5.41, 5.74) is 1.19. The third-order valence-corrected chi connectivity index (χ3v) is 4.06. The first kappa shape index (κ1) is 18.5. The number of benzene rings is 1. The predicted octanol–water partition coefficient (Wildman–Crippen LogP) is 3.46. The summed E-state index contributed by atoms with van der Waals surface area (Å²) in [5.74, 6) is -0.350. The summed E-state index contributed by atoms with van der Waals surface area (Å²) in [5, 5.41) is 2.90. The number of amides is 1. The Kier molecular flexibility index (Phi) is 7.25. The smallest absolute Gasteiger partial charge is 0.338 e. The van der Waals surface area contributed by atoms with Crippen LogP contribution in [0.3, 0.4) is 0 Å². The summed E-state index contributed by atoms with van der Waals surface area (Å²) in [4.78, 5) is 26.2. The van der Waals surface area contributed by atoms with Gasteiger partial charge < -0.3 is 10.1 Å². The minimum absolute atomic E-state index is 0.00641. The lowest BCUT2D eigenvalue weighted by Gasteiger charge is -2.23. The van der Waals surface area contributed by atoms with Crippen molar-refractivity contribution < 1.29 is 14.3 Å². The van der Waals surface area contributed by atoms with Gasteiger partial charge in [0.15, 0.2) is 0 Å². The van der Waals surface area contributed by atoms with Crippen LogP contribution in [-0.4, -0.2) is 42.5 Å². The van der Waals surface area contributed by atoms with Gasteiger partial charge in [-0.2, -0.15) is 0 Å². The van der Waals surface area contributed by atoms with Gasteiger partial charge in [-0.05, 0) is 64.0 Å². The normalized spacial score (nSPS) is 16.3. The summed E-state index contributed by atoms with van der Waals surface area (Å²) in [6.45, 7) is 6.05. The van der Waals surface area contributed by atoms with Crippen LogP contribution in [0.2, 0.25) is 0 Å². The molecule has 1 aromatic rings. The van der Waals surface area contributed by atoms with Crippen LogP contribution in [0.5, 0.6) is 0 Å². The molecule has 1 aromatic carbocycles. The van der Waals surface area contributed by atoms with Crippen molar-refractivity contribution in [2.75, 3.05) is 25.0 Å². The monoisotopic (exact) mass is 332 g/mol. The fourth-order valence-electron chi connectivity index (χ4n) is 2.85. The number of nitrogens with zero attached hydrogens (tertiary/aromatic N) is 1. The number of carbonyl (C=O) groups is 2. The second-order valence-corrected chi connectivity index (χ2v) is 6.62. The molecule has 1 heterocycles. The zero-order valence-electron chi connectivity index (χ0n) is 14.7. The largest absolute Gasteiger partial charge is 0.459 e. The van der Waals surface area contributed by atoms with Gasteiger partial charge >= 0.3 is 5.97 Å². The molecule has 5 nitrogen and oxygen atoms in total. The van der Waals surface area contributed by atoms with Crippen molar-refractivity contribution in [1.29, 1.82) is 0 Å². The highest BCUT2D eigenvalue weighted by Gasteiger charge is 2.13. The van der Waals surface area contributed by atoms with Crippen LogP contribution in [0.25, 0.3) is 0 Å². The average molecular weight is 332 g/mol. The Morgan fingerprint density at radius 1 is 1.04 bits per heavy atom. The Hall–Kier alpha value is -1.88. The van der Waals surface area contributed by atoms with Crippen molar-refractivity contribution in [3.05, 3.63) is 29.8 Å². The van der Waals surface area contributed by atoms with E-state index in [4.69, 9.17) is 4.74 Å². The van der Waals surface area contributed by atoms with Crippen LogP contribution >= 0.6 is 0 Å². The zero-order chi connectivity index (χ0) is 17.4. The highest BCUT2D eigenvalue weighted by Crippen LogP contribution is 2.13. The number of hydrogen-bond donors (Lipinski definition) is 1. The molecule has 1 aliphatic heterocycles. The van der Waals surface area contributed by atoms with Gasteiger partial charge in [-0.1, -0.05) is 19.3 Å². The lowest BCUT2D eigenvalue weighted by molar-refractivity contribution is -0.117. The molecule has 0 bridgehead atoms. The topological polar surface area (TPSA) is 58.6 Å². The molecule has 1 saturated heterocycles. The Morgan fingerprint density at radius 3 is 2.21 bits per heavy atom. The van der Waals surface area contributed by atoms with Gasteiger partial charge in [-0.25, -0.2) is 4.79 Å². The van der Waals surface area contributed by atoms with Crippen LogP contribution in [-0.2, 0) is 9.53 Å². The van der Waals surface area contributed by atoms with Crippen molar-refractivity contribution in [1.82, 2.24) is 4.90 Å². The van der Waals surface area contributed by atoms with Gasteiger partial charge in [0.25, 0.3) is 0 Å². The molecule has 2 rings (SSSR count). The zero-order valence-corrected chi connectivity index (χ0v) is 14.7. The molecule has 1 aliphatic rings. The molecule has 24 heavy (non-hydrogen) atoms. The number of hydrogen-bond acceptors (Lipinski definition) is 4. The molecule has 1 fully saturated rings. The second kappa shape index (κ2) is 9.42. The van der Waals surface area contributed by atoms with E-state index in [0.717, 1.165) is 13.1 Å². The molecule has 0 aromatic heterocycles. The summed E-state index contributed by atoms with van der Waals surface area (Å²) in [7, 11) is 0. The molecule has 0 spiro atoms. The molecule has 1 N–H and O–H groups in total. The molecule has 0 aliphatic carbocycles. The minimum Gasteiger partial charge on any atom is -0.459 e. The molecule has 0 unspecified atom stereocenters. The number of rotatable bonds is 5. The molecular weight excluding hydrogens is 304 g/mol. The van der Waals surface area contributed by atoms with Gasteiger partial charge in [0.05, 0.1) is 18.2 Å². The van der Waals surface area contributed by atoms with Gasteiger partial charge in [0, 0.05) is 5.69 Å². The van der Waals surface area contributed by atoms with Crippen LogP contribution < -0.4 is 5.32 Å². The number of esters is 1. The first-order valence-electron chi connectivity index (χ1n) is 8.88. The first-order valence-corrected chi connectivity index (χ1v) is 8.88. The fourth-order valence-corrected chi connectivity index (χ4v) is 2.85. The third kappa shape index (κ3) is 6.32. The molecule has 0 saturated carbocycles. The van der Waals surface area contributed by atoms with Crippen molar-refractivity contribution in [3.8, 4) is 0 Å². The first-order chi connectivity index (χ1) is 11.5. The standard InChI is InChI=1S/C19H28N2O3/c1-15(2)24-19(23)16-8-10-17(11-9-16)20-18(22)14-21-12-6-4-3-5-7-13-21/h8-11,15H,3-7,12-14H2,1-2H3,(H,20,22). The Morgan fingerprint density at radius 2 is 1.62 bits per heavy atom. The quantitative estimate of drug-likeness (QED) is 0.839. The van der Waals surface area contributed by atoms with E-state index in [-0.39, 0.29) is 18.0 Å². The minimum atomic E-state index is -0.344. The summed E-state index contributed by atoms with van der Waals surface area (Å²) < 4.78 is 5.15. The van der Waals surface area contributed by atoms with E-state index in [9.17, 15) is 9.59 Å². The summed E-state index contributed by atoms with van der Waals surface area (Å²) >= 11 is 0. The Labute approximate surface area is 144 Å². The van der Waals surface area contributed by atoms with Crippen LogP contribution in [0.1, 0.15) is 56.3 Å². The number of ether oxygens (including phenoxy) is 1. The maximum atomic E-state index is 12.2. The predicted molar refractivity (Wildman–Crippen MR) is 95.1 cm³/mol. The van der Waals surface area contributed by atoms with Crippen LogP contribution in [0, 0.1) is 0 Å². The van der Waals surface area contributed by atoms with Gasteiger partial charge in [0.1, 0.15) is 0 Å². The summed E-state index contributed by atoms with van der Waals surface area (Å²) in [6, 6.07) is 6.83. The van der Waals surface area contributed by atoms with Crippen molar-refractivity contribution in [2.24, 2.45) is 0 Å². The molecule has 0 atom stereocenters. The van der Waals surface area contributed by atoms with Crippen molar-refractivity contribution in [2.45, 2.75) is 52.1 Å². The van der Waals surface area contributed by atoms with Crippen molar-refractivity contribution in [3.63, 3.8) is 0 Å². The molecule has 0 radical (unpaired) electrons. The summed E-state index contributed by atoms with van der Waals surface area (Å²) in [6.07, 6.45) is 6.01. The lowest BCUT2D eigenvalue weighted by Crippen LogP contribution is -2.35. The number of likely N-dealkylation sites (tertiary alicyclic amines) is 1. The SMILES string of the molecule is CC(C)OC(=O)c1ccc(NC(=O)CN2CCCCCCC2)cc1. The Balaban J connectivity index is 1.83. The molecule has 5 heteroatoms. The van der Waals surface area contributed by atoms with Gasteiger partial charge in [-0.15, -0.1) is 0 Å². The lowest BCUT2D eigenvalue weighted by atomic mass is 10.1. The number of anilines is 1. The van der Waals surface area contributed by atoms with Crippen LogP contribution in [0.15, 0.2) is 24.3 Å². The maximum Gasteiger partial charge on any atom is 0.338 e. The molecule has 132 valence electrons. The van der Waals surface area contributed by atoms with E-state index in [2.05, 4.69) is 10.2 Å². The highest BCUT2D eigenvalue weighted by atomic mass is 16.5.